The summed E-state index contributed by atoms with van der Waals surface area (Å²) in [5.74, 6) is -0.287. The van der Waals surface area contributed by atoms with Crippen molar-refractivity contribution in [3.05, 3.63) is 65.5 Å². The molecule has 0 bridgehead atoms. The summed E-state index contributed by atoms with van der Waals surface area (Å²) in [5, 5.41) is 2.74. The average molecular weight is 390 g/mol. The molecular weight excluding hydrogens is 367 g/mol. The number of rotatable bonds is 5. The number of sulfonamides is 1. The Hall–Kier alpha value is -2.25. The normalized spacial score (nSPS) is 18.2. The fourth-order valence-electron chi connectivity index (χ4n) is 3.18. The van der Waals surface area contributed by atoms with E-state index in [0.717, 1.165) is 18.4 Å². The first-order valence-corrected chi connectivity index (χ1v) is 10.4. The van der Waals surface area contributed by atoms with Crippen LogP contribution in [0.1, 0.15) is 35.7 Å². The molecular formula is C20H23FN2O3S. The molecule has 3 rings (SSSR count). The Kier molecular flexibility index (Phi) is 5.92. The Morgan fingerprint density at radius 1 is 1.15 bits per heavy atom. The minimum Gasteiger partial charge on any atom is -0.348 e. The molecule has 144 valence electrons. The lowest BCUT2D eigenvalue weighted by molar-refractivity contribution is 0.0951. The molecule has 2 aromatic carbocycles. The van der Waals surface area contributed by atoms with Crippen molar-refractivity contribution >= 4 is 15.9 Å². The number of carbonyl (C=O) groups is 1. The molecule has 1 saturated heterocycles. The molecule has 2 aromatic rings. The van der Waals surface area contributed by atoms with Gasteiger partial charge in [-0.15, -0.1) is 0 Å². The topological polar surface area (TPSA) is 66.5 Å². The van der Waals surface area contributed by atoms with Gasteiger partial charge in [0.1, 0.15) is 5.82 Å². The molecule has 1 fully saturated rings. The summed E-state index contributed by atoms with van der Waals surface area (Å²) in [5.41, 5.74) is 1.16. The molecule has 0 aromatic heterocycles. The van der Waals surface area contributed by atoms with Crippen molar-refractivity contribution in [1.82, 2.24) is 9.62 Å². The van der Waals surface area contributed by atoms with E-state index < -0.39 is 10.0 Å². The van der Waals surface area contributed by atoms with E-state index >= 15 is 0 Å². The lowest BCUT2D eigenvalue weighted by Gasteiger charge is -2.30. The van der Waals surface area contributed by atoms with Crippen molar-refractivity contribution in [3.63, 3.8) is 0 Å². The maximum atomic E-state index is 12.9. The predicted molar refractivity (Wildman–Crippen MR) is 101 cm³/mol. The van der Waals surface area contributed by atoms with E-state index in [1.807, 2.05) is 0 Å². The highest BCUT2D eigenvalue weighted by molar-refractivity contribution is 7.89. The van der Waals surface area contributed by atoms with Gasteiger partial charge in [-0.25, -0.2) is 12.8 Å². The molecule has 1 unspecified atom stereocenters. The molecule has 1 N–H and O–H groups in total. The lowest BCUT2D eigenvalue weighted by atomic mass is 10.0. The molecule has 0 aliphatic carbocycles. The van der Waals surface area contributed by atoms with E-state index in [2.05, 4.69) is 12.2 Å². The summed E-state index contributed by atoms with van der Waals surface area (Å²) < 4.78 is 39.9. The highest BCUT2D eigenvalue weighted by Crippen LogP contribution is 2.23. The summed E-state index contributed by atoms with van der Waals surface area (Å²) in [4.78, 5) is 12.4. The van der Waals surface area contributed by atoms with Crippen molar-refractivity contribution in [2.24, 2.45) is 5.92 Å². The average Bonchev–Trinajstić information content (AvgIpc) is 2.67. The number of piperidine rings is 1. The second-order valence-corrected chi connectivity index (χ2v) is 8.88. The van der Waals surface area contributed by atoms with Crippen molar-refractivity contribution in [2.45, 2.75) is 31.2 Å². The summed E-state index contributed by atoms with van der Waals surface area (Å²) in [6, 6.07) is 11.9. The molecule has 0 spiro atoms. The predicted octanol–water partition coefficient (Wildman–Crippen LogP) is 3.18. The van der Waals surface area contributed by atoms with Crippen LogP contribution in [0.15, 0.2) is 53.4 Å². The van der Waals surface area contributed by atoms with Crippen LogP contribution < -0.4 is 5.32 Å². The SMILES string of the molecule is CC1CCCN(S(=O)(=O)c2ccc(C(=O)NCc3ccc(F)cc3)cc2)C1. The number of hydrogen-bond acceptors (Lipinski definition) is 3. The van der Waals surface area contributed by atoms with Gasteiger partial charge in [0.25, 0.3) is 5.91 Å². The smallest absolute Gasteiger partial charge is 0.251 e. The maximum absolute atomic E-state index is 12.9. The zero-order chi connectivity index (χ0) is 19.4. The fraction of sp³-hybridized carbons (Fsp3) is 0.350. The molecule has 1 aliphatic heterocycles. The largest absolute Gasteiger partial charge is 0.348 e. The van der Waals surface area contributed by atoms with Gasteiger partial charge in [-0.05, 0) is 60.7 Å². The van der Waals surface area contributed by atoms with Crippen molar-refractivity contribution in [3.8, 4) is 0 Å². The molecule has 1 amide bonds. The van der Waals surface area contributed by atoms with Crippen molar-refractivity contribution in [2.75, 3.05) is 13.1 Å². The molecule has 1 atom stereocenters. The molecule has 5 nitrogen and oxygen atoms in total. The molecule has 7 heteroatoms. The quantitative estimate of drug-likeness (QED) is 0.853. The van der Waals surface area contributed by atoms with Crippen LogP contribution in [0.2, 0.25) is 0 Å². The van der Waals surface area contributed by atoms with Gasteiger partial charge in [0.15, 0.2) is 0 Å². The number of nitrogens with zero attached hydrogens (tertiary/aromatic N) is 1. The van der Waals surface area contributed by atoms with Gasteiger partial charge in [0.2, 0.25) is 10.0 Å². The minimum absolute atomic E-state index is 0.201. The van der Waals surface area contributed by atoms with Gasteiger partial charge in [0, 0.05) is 25.2 Å². The first-order valence-electron chi connectivity index (χ1n) is 8.99. The van der Waals surface area contributed by atoms with E-state index in [1.165, 1.54) is 40.7 Å². The lowest BCUT2D eigenvalue weighted by Crippen LogP contribution is -2.39. The zero-order valence-corrected chi connectivity index (χ0v) is 16.0. The monoisotopic (exact) mass is 390 g/mol. The molecule has 27 heavy (non-hydrogen) atoms. The number of carbonyl (C=O) groups excluding carboxylic acids is 1. The third-order valence-corrected chi connectivity index (χ3v) is 6.62. The molecule has 0 radical (unpaired) electrons. The van der Waals surface area contributed by atoms with Crippen molar-refractivity contribution < 1.29 is 17.6 Å². The Morgan fingerprint density at radius 2 is 1.81 bits per heavy atom. The number of nitrogens with one attached hydrogen (secondary N) is 1. The van der Waals surface area contributed by atoms with E-state index in [0.29, 0.717) is 24.6 Å². The van der Waals surface area contributed by atoms with Crippen LogP contribution in [0.5, 0.6) is 0 Å². The van der Waals surface area contributed by atoms with Crippen molar-refractivity contribution in [1.29, 1.82) is 0 Å². The van der Waals surface area contributed by atoms with Crippen LogP contribution in [0.25, 0.3) is 0 Å². The second kappa shape index (κ2) is 8.19. The Balaban J connectivity index is 1.65. The highest BCUT2D eigenvalue weighted by Gasteiger charge is 2.28. The fourth-order valence-corrected chi connectivity index (χ4v) is 4.78. The third-order valence-electron chi connectivity index (χ3n) is 4.74. The standard InChI is InChI=1S/C20H23FN2O3S/c1-15-3-2-12-23(14-15)27(25,26)19-10-6-17(7-11-19)20(24)22-13-16-4-8-18(21)9-5-16/h4-11,15H,2-3,12-14H2,1H3,(H,22,24). The summed E-state index contributed by atoms with van der Waals surface area (Å²) >= 11 is 0. The summed E-state index contributed by atoms with van der Waals surface area (Å²) in [6.07, 6.45) is 1.91. The van der Waals surface area contributed by atoms with Crippen LogP contribution in [0, 0.1) is 11.7 Å². The Morgan fingerprint density at radius 3 is 2.44 bits per heavy atom. The molecule has 0 saturated carbocycles. The van der Waals surface area contributed by atoms with Crippen LogP contribution in [0.4, 0.5) is 4.39 Å². The first-order chi connectivity index (χ1) is 12.9. The van der Waals surface area contributed by atoms with Crippen LogP contribution in [0.3, 0.4) is 0 Å². The van der Waals surface area contributed by atoms with Crippen LogP contribution in [-0.2, 0) is 16.6 Å². The second-order valence-electron chi connectivity index (χ2n) is 6.94. The van der Waals surface area contributed by atoms with Crippen LogP contribution in [-0.4, -0.2) is 31.7 Å². The van der Waals surface area contributed by atoms with Gasteiger partial charge < -0.3 is 5.32 Å². The minimum atomic E-state index is -3.53. The van der Waals surface area contributed by atoms with E-state index in [4.69, 9.17) is 0 Å². The van der Waals surface area contributed by atoms with Gasteiger partial charge in [-0.1, -0.05) is 19.1 Å². The number of amides is 1. The first kappa shape index (κ1) is 19.5. The van der Waals surface area contributed by atoms with Gasteiger partial charge in [-0.2, -0.15) is 4.31 Å². The van der Waals surface area contributed by atoms with Gasteiger partial charge in [0.05, 0.1) is 4.90 Å². The van der Waals surface area contributed by atoms with E-state index in [-0.39, 0.29) is 23.2 Å². The number of hydrogen-bond donors (Lipinski definition) is 1. The van der Waals surface area contributed by atoms with E-state index in [1.54, 1.807) is 12.1 Å². The molecule has 1 aliphatic rings. The van der Waals surface area contributed by atoms with Crippen LogP contribution >= 0.6 is 0 Å². The Labute approximate surface area is 159 Å². The molecule has 1 heterocycles. The van der Waals surface area contributed by atoms with Gasteiger partial charge >= 0.3 is 0 Å². The Bertz CT molecular complexity index is 896. The number of benzene rings is 2. The highest BCUT2D eigenvalue weighted by atomic mass is 32.2. The maximum Gasteiger partial charge on any atom is 0.251 e. The van der Waals surface area contributed by atoms with Gasteiger partial charge in [-0.3, -0.25) is 4.79 Å². The third kappa shape index (κ3) is 4.73. The van der Waals surface area contributed by atoms with E-state index in [9.17, 15) is 17.6 Å². The zero-order valence-electron chi connectivity index (χ0n) is 15.2. The summed E-state index contributed by atoms with van der Waals surface area (Å²) in [7, 11) is -3.53. The summed E-state index contributed by atoms with van der Waals surface area (Å²) in [6.45, 7) is 3.38. The number of halogens is 1.